The molecule has 1 unspecified atom stereocenters. The Morgan fingerprint density at radius 1 is 0.975 bits per heavy atom. The number of carbonyl (C=O) groups excluding carboxylic acids is 2. The SMILES string of the molecule is O=C(/C=C/c1ccccc1)C1=C(O)C(=O)N(c2nnc(SCc3ccc(Cl)cc3Cl)s2)C1c1ccc(Cl)c(Cl)c1. The van der Waals surface area contributed by atoms with E-state index in [0.29, 0.717) is 30.7 Å². The number of thioether (sulfide) groups is 1. The second-order valence-corrected chi connectivity index (χ2v) is 12.3. The van der Waals surface area contributed by atoms with Gasteiger partial charge in [0.25, 0.3) is 5.91 Å². The highest BCUT2D eigenvalue weighted by Crippen LogP contribution is 2.44. The molecule has 0 saturated heterocycles. The van der Waals surface area contributed by atoms with Crippen LogP contribution in [0.1, 0.15) is 22.7 Å². The Morgan fingerprint density at radius 2 is 1.75 bits per heavy atom. The monoisotopic (exact) mass is 647 g/mol. The van der Waals surface area contributed by atoms with Gasteiger partial charge in [0.2, 0.25) is 5.13 Å². The molecule has 202 valence electrons. The standard InChI is InChI=1S/C28H17Cl4N3O3S2/c29-18-9-7-17(20(31)13-18)14-39-28-34-33-27(40-28)35-24(16-8-10-19(30)21(32)12-16)23(25(37)26(35)38)22(36)11-6-15-4-2-1-3-5-15/h1-13,24,37H,14H2/b11-6+. The second-order valence-electron chi connectivity index (χ2n) is 8.50. The lowest BCUT2D eigenvalue weighted by Gasteiger charge is -2.24. The summed E-state index contributed by atoms with van der Waals surface area (Å²) in [5.74, 6) is -1.49. The third kappa shape index (κ3) is 6.07. The Morgan fingerprint density at radius 3 is 2.48 bits per heavy atom. The van der Waals surface area contributed by atoms with E-state index in [0.717, 1.165) is 22.5 Å². The van der Waals surface area contributed by atoms with Crippen LogP contribution >= 0.6 is 69.5 Å². The minimum atomic E-state index is -1.01. The van der Waals surface area contributed by atoms with Crippen LogP contribution in [0.3, 0.4) is 0 Å². The third-order valence-electron chi connectivity index (χ3n) is 5.93. The van der Waals surface area contributed by atoms with Crippen LogP contribution < -0.4 is 4.90 Å². The number of allylic oxidation sites excluding steroid dienone is 1. The Kier molecular flexibility index (Phi) is 8.85. The summed E-state index contributed by atoms with van der Waals surface area (Å²) in [6, 6.07) is 18.2. The molecule has 1 atom stereocenters. The van der Waals surface area contributed by atoms with E-state index in [1.807, 2.05) is 36.4 Å². The molecule has 4 aromatic rings. The highest BCUT2D eigenvalue weighted by atomic mass is 35.5. The van der Waals surface area contributed by atoms with Gasteiger partial charge >= 0.3 is 0 Å². The fraction of sp³-hybridized carbons (Fsp3) is 0.0714. The molecule has 0 bridgehead atoms. The highest BCUT2D eigenvalue weighted by molar-refractivity contribution is 8.00. The number of hydrogen-bond donors (Lipinski definition) is 1. The van der Waals surface area contributed by atoms with Crippen LogP contribution in [0.2, 0.25) is 20.1 Å². The molecule has 1 N–H and O–H groups in total. The molecule has 1 aliphatic rings. The van der Waals surface area contributed by atoms with E-state index in [4.69, 9.17) is 46.4 Å². The first-order valence-electron chi connectivity index (χ1n) is 11.6. The Hall–Kier alpha value is -2.85. The van der Waals surface area contributed by atoms with Crippen LogP contribution in [0.15, 0.2) is 88.5 Å². The lowest BCUT2D eigenvalue weighted by molar-refractivity contribution is -0.117. The molecule has 0 spiro atoms. The van der Waals surface area contributed by atoms with Crippen molar-refractivity contribution in [3.63, 3.8) is 0 Å². The number of nitrogens with zero attached hydrogens (tertiary/aromatic N) is 3. The summed E-state index contributed by atoms with van der Waals surface area (Å²) in [5.41, 5.74) is 2.01. The van der Waals surface area contributed by atoms with Crippen molar-refractivity contribution in [2.75, 3.05) is 4.90 Å². The van der Waals surface area contributed by atoms with E-state index in [-0.39, 0.29) is 15.7 Å². The molecule has 1 aromatic heterocycles. The molecule has 12 heteroatoms. The van der Waals surface area contributed by atoms with Gasteiger partial charge in [0.1, 0.15) is 0 Å². The molecule has 0 fully saturated rings. The summed E-state index contributed by atoms with van der Waals surface area (Å²) in [6.45, 7) is 0. The normalized spacial score (nSPS) is 15.4. The molecule has 0 saturated carbocycles. The van der Waals surface area contributed by atoms with Crippen molar-refractivity contribution in [1.29, 1.82) is 0 Å². The first kappa shape index (κ1) is 28.7. The van der Waals surface area contributed by atoms with Crippen LogP contribution in [0.5, 0.6) is 0 Å². The van der Waals surface area contributed by atoms with Crippen molar-refractivity contribution in [2.24, 2.45) is 0 Å². The first-order valence-corrected chi connectivity index (χ1v) is 14.9. The number of aromatic nitrogens is 2. The van der Waals surface area contributed by atoms with Gasteiger partial charge in [0.05, 0.1) is 21.7 Å². The van der Waals surface area contributed by atoms with Crippen LogP contribution in [0.4, 0.5) is 5.13 Å². The van der Waals surface area contributed by atoms with E-state index in [1.165, 1.54) is 22.7 Å². The number of benzene rings is 3. The van der Waals surface area contributed by atoms with Crippen LogP contribution in [0.25, 0.3) is 6.08 Å². The van der Waals surface area contributed by atoms with Gasteiger partial charge in [-0.1, -0.05) is 118 Å². The van der Waals surface area contributed by atoms with Gasteiger partial charge in [0.15, 0.2) is 15.9 Å². The third-order valence-corrected chi connectivity index (χ3v) is 9.36. The fourth-order valence-corrected chi connectivity index (χ4v) is 6.75. The molecule has 2 heterocycles. The number of anilines is 1. The summed E-state index contributed by atoms with van der Waals surface area (Å²) in [5, 5.41) is 21.1. The molecule has 0 aliphatic carbocycles. The molecule has 0 radical (unpaired) electrons. The topological polar surface area (TPSA) is 83.4 Å². The molecular weight excluding hydrogens is 632 g/mol. The van der Waals surface area contributed by atoms with Gasteiger partial charge in [-0.3, -0.25) is 14.5 Å². The number of carbonyl (C=O) groups is 2. The summed E-state index contributed by atoms with van der Waals surface area (Å²) in [6.07, 6.45) is 2.93. The maximum Gasteiger partial charge on any atom is 0.296 e. The molecule has 1 amide bonds. The fourth-order valence-electron chi connectivity index (χ4n) is 4.01. The number of aliphatic hydroxyl groups excluding tert-OH is 1. The summed E-state index contributed by atoms with van der Waals surface area (Å²) in [4.78, 5) is 28.0. The lowest BCUT2D eigenvalue weighted by atomic mass is 9.96. The first-order chi connectivity index (χ1) is 19.2. The van der Waals surface area contributed by atoms with Gasteiger partial charge in [-0.2, -0.15) is 0 Å². The summed E-state index contributed by atoms with van der Waals surface area (Å²) in [7, 11) is 0. The number of aliphatic hydroxyl groups is 1. The summed E-state index contributed by atoms with van der Waals surface area (Å²) >= 11 is 27.2. The Balaban J connectivity index is 1.47. The van der Waals surface area contributed by atoms with Crippen molar-refractivity contribution in [2.45, 2.75) is 16.1 Å². The number of rotatable bonds is 8. The summed E-state index contributed by atoms with van der Waals surface area (Å²) < 4.78 is 0.560. The molecule has 3 aromatic carbocycles. The van der Waals surface area contributed by atoms with Gasteiger partial charge < -0.3 is 5.11 Å². The molecule has 1 aliphatic heterocycles. The average Bonchev–Trinajstić information content (AvgIpc) is 3.51. The minimum absolute atomic E-state index is 0.104. The zero-order valence-electron chi connectivity index (χ0n) is 20.2. The van der Waals surface area contributed by atoms with Gasteiger partial charge in [0, 0.05) is 15.8 Å². The van der Waals surface area contributed by atoms with Crippen LogP contribution in [0, 0.1) is 0 Å². The van der Waals surface area contributed by atoms with Gasteiger partial charge in [-0.05, 0) is 47.0 Å². The number of amides is 1. The lowest BCUT2D eigenvalue weighted by Crippen LogP contribution is -2.30. The molecular formula is C28H17Cl4N3O3S2. The van der Waals surface area contributed by atoms with Crippen molar-refractivity contribution >= 4 is 92.4 Å². The molecule has 5 rings (SSSR count). The zero-order chi connectivity index (χ0) is 28.4. The van der Waals surface area contributed by atoms with Crippen molar-refractivity contribution in [1.82, 2.24) is 10.2 Å². The van der Waals surface area contributed by atoms with Crippen molar-refractivity contribution in [3.8, 4) is 0 Å². The van der Waals surface area contributed by atoms with E-state index in [9.17, 15) is 14.7 Å². The predicted octanol–water partition coefficient (Wildman–Crippen LogP) is 8.63. The van der Waals surface area contributed by atoms with E-state index in [2.05, 4.69) is 10.2 Å². The predicted molar refractivity (Wildman–Crippen MR) is 163 cm³/mol. The van der Waals surface area contributed by atoms with Crippen LogP contribution in [-0.2, 0) is 15.3 Å². The molecule has 6 nitrogen and oxygen atoms in total. The van der Waals surface area contributed by atoms with E-state index >= 15 is 0 Å². The van der Waals surface area contributed by atoms with E-state index < -0.39 is 23.5 Å². The average molecular weight is 649 g/mol. The zero-order valence-corrected chi connectivity index (χ0v) is 24.9. The van der Waals surface area contributed by atoms with Crippen molar-refractivity contribution in [3.05, 3.63) is 121 Å². The number of hydrogen-bond acceptors (Lipinski definition) is 7. The smallest absolute Gasteiger partial charge is 0.296 e. The molecule has 40 heavy (non-hydrogen) atoms. The van der Waals surface area contributed by atoms with Crippen molar-refractivity contribution < 1.29 is 14.7 Å². The second kappa shape index (κ2) is 12.3. The highest BCUT2D eigenvalue weighted by Gasteiger charge is 2.45. The maximum atomic E-state index is 13.4. The Labute approximate surface area is 257 Å². The van der Waals surface area contributed by atoms with Gasteiger partial charge in [-0.15, -0.1) is 10.2 Å². The maximum absolute atomic E-state index is 13.4. The largest absolute Gasteiger partial charge is 0.503 e. The van der Waals surface area contributed by atoms with Crippen LogP contribution in [-0.4, -0.2) is 27.0 Å². The quantitative estimate of drug-likeness (QED) is 0.117. The number of ketones is 1. The van der Waals surface area contributed by atoms with E-state index in [1.54, 1.807) is 36.4 Å². The Bertz CT molecular complexity index is 1670. The minimum Gasteiger partial charge on any atom is -0.503 e. The van der Waals surface area contributed by atoms with Gasteiger partial charge in [-0.25, -0.2) is 0 Å². The number of halogens is 4.